The van der Waals surface area contributed by atoms with Crippen molar-refractivity contribution >= 4 is 12.0 Å². The van der Waals surface area contributed by atoms with Gasteiger partial charge in [-0.1, -0.05) is 19.9 Å². The summed E-state index contributed by atoms with van der Waals surface area (Å²) < 4.78 is 13.5. The zero-order chi connectivity index (χ0) is 12.4. The molecule has 2 rings (SSSR count). The van der Waals surface area contributed by atoms with Crippen LogP contribution < -0.4 is 4.90 Å². The van der Waals surface area contributed by atoms with E-state index in [1.165, 1.54) is 6.07 Å². The van der Waals surface area contributed by atoms with E-state index in [0.29, 0.717) is 18.1 Å². The lowest BCUT2D eigenvalue weighted by Gasteiger charge is -2.21. The molecule has 0 saturated carbocycles. The van der Waals surface area contributed by atoms with Crippen molar-refractivity contribution in [3.63, 3.8) is 0 Å². The summed E-state index contributed by atoms with van der Waals surface area (Å²) in [5.41, 5.74) is 0.931. The number of nitrogens with zero attached hydrogens (tertiary/aromatic N) is 1. The Hall–Kier alpha value is -1.38. The smallest absolute Gasteiger partial charge is 0.155 e. The monoisotopic (exact) mass is 235 g/mol. The summed E-state index contributed by atoms with van der Waals surface area (Å²) >= 11 is 0. The predicted molar refractivity (Wildman–Crippen MR) is 66.9 cm³/mol. The molecule has 1 atom stereocenters. The van der Waals surface area contributed by atoms with Crippen LogP contribution in [0.25, 0.3) is 0 Å². The average Bonchev–Trinajstić information content (AvgIpc) is 2.77. The number of halogens is 1. The van der Waals surface area contributed by atoms with Crippen LogP contribution in [0.5, 0.6) is 0 Å². The summed E-state index contributed by atoms with van der Waals surface area (Å²) in [6, 6.07) is 4.83. The van der Waals surface area contributed by atoms with Crippen LogP contribution in [0.3, 0.4) is 0 Å². The largest absolute Gasteiger partial charge is 0.371 e. The van der Waals surface area contributed by atoms with Crippen molar-refractivity contribution in [3.8, 4) is 0 Å². The van der Waals surface area contributed by atoms with Crippen LogP contribution in [0.15, 0.2) is 18.2 Å². The molecule has 92 valence electrons. The number of carbonyl (C=O) groups is 1. The molecule has 1 unspecified atom stereocenters. The van der Waals surface area contributed by atoms with E-state index >= 15 is 0 Å². The van der Waals surface area contributed by atoms with E-state index in [-0.39, 0.29) is 5.56 Å². The number of anilines is 1. The molecular weight excluding hydrogens is 217 g/mol. The van der Waals surface area contributed by atoms with Gasteiger partial charge in [-0.2, -0.15) is 0 Å². The maximum Gasteiger partial charge on any atom is 0.155 e. The quantitative estimate of drug-likeness (QED) is 0.750. The number of benzene rings is 1. The maximum atomic E-state index is 13.5. The minimum atomic E-state index is -0.425. The van der Waals surface area contributed by atoms with Gasteiger partial charge in [-0.05, 0) is 30.4 Å². The van der Waals surface area contributed by atoms with Gasteiger partial charge in [0.05, 0.1) is 11.3 Å². The van der Waals surface area contributed by atoms with E-state index in [1.54, 1.807) is 6.07 Å². The van der Waals surface area contributed by atoms with Crippen LogP contribution in [-0.4, -0.2) is 19.4 Å². The summed E-state index contributed by atoms with van der Waals surface area (Å²) in [5.74, 6) is 0.844. The first-order valence-corrected chi connectivity index (χ1v) is 6.12. The summed E-state index contributed by atoms with van der Waals surface area (Å²) in [6.07, 6.45) is 1.74. The minimum absolute atomic E-state index is 0.192. The molecule has 2 nitrogen and oxygen atoms in total. The molecule has 0 N–H and O–H groups in total. The fraction of sp³-hybridized carbons (Fsp3) is 0.500. The highest BCUT2D eigenvalue weighted by Gasteiger charge is 2.26. The van der Waals surface area contributed by atoms with Crippen molar-refractivity contribution in [1.82, 2.24) is 0 Å². The second kappa shape index (κ2) is 4.86. The van der Waals surface area contributed by atoms with Crippen molar-refractivity contribution < 1.29 is 9.18 Å². The topological polar surface area (TPSA) is 20.3 Å². The Labute approximate surface area is 101 Å². The molecule has 1 aliphatic heterocycles. The number of carbonyl (C=O) groups excluding carboxylic acids is 1. The van der Waals surface area contributed by atoms with Gasteiger partial charge < -0.3 is 4.90 Å². The Kier molecular flexibility index (Phi) is 3.46. The van der Waals surface area contributed by atoms with Crippen molar-refractivity contribution in [2.45, 2.75) is 20.3 Å². The average molecular weight is 235 g/mol. The second-order valence-electron chi connectivity index (χ2n) is 5.03. The lowest BCUT2D eigenvalue weighted by Crippen LogP contribution is -2.22. The van der Waals surface area contributed by atoms with E-state index in [4.69, 9.17) is 0 Å². The first kappa shape index (κ1) is 12.1. The van der Waals surface area contributed by atoms with E-state index in [2.05, 4.69) is 18.7 Å². The molecule has 0 bridgehead atoms. The first-order valence-electron chi connectivity index (χ1n) is 6.12. The Morgan fingerprint density at radius 2 is 2.24 bits per heavy atom. The number of rotatable bonds is 3. The SMILES string of the molecule is CC(C)C1CCN(c2cccc(F)c2C=O)C1. The lowest BCUT2D eigenvalue weighted by molar-refractivity contribution is 0.112. The van der Waals surface area contributed by atoms with Crippen LogP contribution in [0.2, 0.25) is 0 Å². The molecule has 1 aliphatic rings. The molecule has 1 saturated heterocycles. The molecule has 1 aromatic carbocycles. The predicted octanol–water partition coefficient (Wildman–Crippen LogP) is 3.12. The van der Waals surface area contributed by atoms with Crippen molar-refractivity contribution in [3.05, 3.63) is 29.6 Å². The third-order valence-corrected chi connectivity index (χ3v) is 3.66. The second-order valence-corrected chi connectivity index (χ2v) is 5.03. The van der Waals surface area contributed by atoms with E-state index in [1.807, 2.05) is 6.07 Å². The molecule has 0 spiro atoms. The zero-order valence-corrected chi connectivity index (χ0v) is 10.3. The summed E-state index contributed by atoms with van der Waals surface area (Å²) in [5, 5.41) is 0. The van der Waals surface area contributed by atoms with Crippen LogP contribution in [0, 0.1) is 17.7 Å². The zero-order valence-electron chi connectivity index (χ0n) is 10.3. The number of hydrogen-bond acceptors (Lipinski definition) is 2. The molecule has 1 heterocycles. The van der Waals surface area contributed by atoms with E-state index < -0.39 is 5.82 Å². The van der Waals surface area contributed by atoms with Gasteiger partial charge in [0, 0.05) is 13.1 Å². The van der Waals surface area contributed by atoms with Crippen molar-refractivity contribution in [2.75, 3.05) is 18.0 Å². The van der Waals surface area contributed by atoms with Crippen LogP contribution in [0.1, 0.15) is 30.6 Å². The molecule has 0 aromatic heterocycles. The van der Waals surface area contributed by atoms with Crippen LogP contribution in [0.4, 0.5) is 10.1 Å². The van der Waals surface area contributed by atoms with Gasteiger partial charge in [0.1, 0.15) is 5.82 Å². The standard InChI is InChI=1S/C14H18FNO/c1-10(2)11-6-7-16(8-11)14-5-3-4-13(15)12(14)9-17/h3-5,9-11H,6-8H2,1-2H3. The third kappa shape index (κ3) is 2.33. The summed E-state index contributed by atoms with van der Waals surface area (Å²) in [6.45, 7) is 6.25. The van der Waals surface area contributed by atoms with E-state index in [9.17, 15) is 9.18 Å². The minimum Gasteiger partial charge on any atom is -0.371 e. The summed E-state index contributed by atoms with van der Waals surface area (Å²) in [4.78, 5) is 13.1. The van der Waals surface area contributed by atoms with Gasteiger partial charge in [0.25, 0.3) is 0 Å². The highest BCUT2D eigenvalue weighted by Crippen LogP contribution is 2.30. The molecule has 1 aromatic rings. The Bertz CT molecular complexity index is 417. The Morgan fingerprint density at radius 1 is 1.47 bits per heavy atom. The third-order valence-electron chi connectivity index (χ3n) is 3.66. The number of aldehydes is 1. The van der Waals surface area contributed by atoms with Crippen LogP contribution in [-0.2, 0) is 0 Å². The Morgan fingerprint density at radius 3 is 2.82 bits per heavy atom. The van der Waals surface area contributed by atoms with Gasteiger partial charge in [-0.25, -0.2) is 4.39 Å². The molecule has 0 amide bonds. The van der Waals surface area contributed by atoms with Gasteiger partial charge >= 0.3 is 0 Å². The van der Waals surface area contributed by atoms with Crippen molar-refractivity contribution in [1.29, 1.82) is 0 Å². The molecule has 0 radical (unpaired) electrons. The van der Waals surface area contributed by atoms with Crippen molar-refractivity contribution in [2.24, 2.45) is 11.8 Å². The van der Waals surface area contributed by atoms with Gasteiger partial charge in [0.15, 0.2) is 6.29 Å². The molecular formula is C14H18FNO. The lowest BCUT2D eigenvalue weighted by atomic mass is 9.95. The molecule has 3 heteroatoms. The highest BCUT2D eigenvalue weighted by molar-refractivity contribution is 5.85. The van der Waals surface area contributed by atoms with E-state index in [0.717, 1.165) is 25.2 Å². The fourth-order valence-corrected chi connectivity index (χ4v) is 2.47. The molecule has 0 aliphatic carbocycles. The maximum absolute atomic E-state index is 13.5. The van der Waals surface area contributed by atoms with Crippen LogP contribution >= 0.6 is 0 Å². The normalized spacial score (nSPS) is 20.0. The highest BCUT2D eigenvalue weighted by atomic mass is 19.1. The van der Waals surface area contributed by atoms with Gasteiger partial charge in [0.2, 0.25) is 0 Å². The number of hydrogen-bond donors (Lipinski definition) is 0. The Balaban J connectivity index is 2.24. The van der Waals surface area contributed by atoms with Gasteiger partial charge in [-0.15, -0.1) is 0 Å². The summed E-state index contributed by atoms with van der Waals surface area (Å²) in [7, 11) is 0. The fourth-order valence-electron chi connectivity index (χ4n) is 2.47. The molecule has 17 heavy (non-hydrogen) atoms. The molecule has 1 fully saturated rings. The first-order chi connectivity index (χ1) is 8.13. The van der Waals surface area contributed by atoms with Gasteiger partial charge in [-0.3, -0.25) is 4.79 Å².